The number of thiocarbonyl (C=S) groups is 2. The fraction of sp³-hybridized carbons (Fsp3) is 0.889. The molecule has 0 radical (unpaired) electrons. The minimum atomic E-state index is 0.733. The van der Waals surface area contributed by atoms with Gasteiger partial charge in [0.05, 0.1) is 0 Å². The normalized spacial score (nSPS) is 10.8. The van der Waals surface area contributed by atoms with Crippen LogP contribution in [0.15, 0.2) is 0 Å². The zero-order chi connectivity index (χ0) is 18.5. The Morgan fingerprint density at radius 2 is 1.12 bits per heavy atom. The molecule has 4 nitrogen and oxygen atoms in total. The van der Waals surface area contributed by atoms with E-state index in [9.17, 15) is 0 Å². The maximum absolute atomic E-state index is 5.82. The fourth-order valence-corrected chi connectivity index (χ4v) is 3.25. The summed E-state index contributed by atoms with van der Waals surface area (Å²) in [6.45, 7) is 6.53. The molecule has 0 aromatic carbocycles. The van der Waals surface area contributed by atoms with Gasteiger partial charge in [-0.2, -0.15) is 0 Å². The van der Waals surface area contributed by atoms with Gasteiger partial charge in [0.1, 0.15) is 0 Å². The van der Waals surface area contributed by atoms with E-state index in [1.54, 1.807) is 0 Å². The Morgan fingerprint density at radius 3 is 1.46 bits per heavy atom. The summed E-state index contributed by atoms with van der Waals surface area (Å²) >= 11 is 11.4. The molecule has 0 N–H and O–H groups in total. The zero-order valence-electron chi connectivity index (χ0n) is 16.7. The van der Waals surface area contributed by atoms with Gasteiger partial charge in [0.15, 0.2) is 10.2 Å². The van der Waals surface area contributed by atoms with Crippen molar-refractivity contribution < 1.29 is 0 Å². The van der Waals surface area contributed by atoms with Crippen LogP contribution in [0.3, 0.4) is 0 Å². The second-order valence-electron chi connectivity index (χ2n) is 6.73. The van der Waals surface area contributed by atoms with Crippen LogP contribution in [0.2, 0.25) is 0 Å². The molecular formula is C18H38N4S2. The summed E-state index contributed by atoms with van der Waals surface area (Å²) < 4.78 is 0. The number of nitrogens with zero attached hydrogens (tertiary/aromatic N) is 4. The first kappa shape index (κ1) is 23.5. The summed E-state index contributed by atoms with van der Waals surface area (Å²) in [5, 5.41) is 5.50. The van der Waals surface area contributed by atoms with Crippen molar-refractivity contribution in [3.63, 3.8) is 0 Å². The minimum Gasteiger partial charge on any atom is -0.354 e. The van der Waals surface area contributed by atoms with Crippen LogP contribution in [0, 0.1) is 0 Å². The third-order valence-electron chi connectivity index (χ3n) is 3.98. The smallest absolute Gasteiger partial charge is 0.193 e. The van der Waals surface area contributed by atoms with E-state index in [2.05, 4.69) is 18.7 Å². The van der Waals surface area contributed by atoms with E-state index in [0.29, 0.717) is 0 Å². The number of hydrogen-bond acceptors (Lipinski definition) is 3. The van der Waals surface area contributed by atoms with Crippen molar-refractivity contribution in [3.05, 3.63) is 0 Å². The predicted octanol–water partition coefficient (Wildman–Crippen LogP) is 4.36. The molecule has 0 aromatic heterocycles. The lowest BCUT2D eigenvalue weighted by Crippen LogP contribution is -2.55. The minimum absolute atomic E-state index is 0.733. The van der Waals surface area contributed by atoms with Crippen molar-refractivity contribution in [2.24, 2.45) is 0 Å². The van der Waals surface area contributed by atoms with Gasteiger partial charge in [-0.25, -0.2) is 10.0 Å². The van der Waals surface area contributed by atoms with Crippen LogP contribution in [0.25, 0.3) is 0 Å². The van der Waals surface area contributed by atoms with Gasteiger partial charge in [0.25, 0.3) is 0 Å². The molecule has 0 saturated carbocycles. The van der Waals surface area contributed by atoms with Gasteiger partial charge in [0, 0.05) is 41.3 Å². The molecular weight excluding hydrogens is 336 g/mol. The van der Waals surface area contributed by atoms with Crippen LogP contribution >= 0.6 is 24.4 Å². The van der Waals surface area contributed by atoms with Gasteiger partial charge in [-0.3, -0.25) is 0 Å². The summed E-state index contributed by atoms with van der Waals surface area (Å²) in [6.07, 6.45) is 10.0. The molecule has 0 atom stereocenters. The molecule has 0 aromatic rings. The Kier molecular flexibility index (Phi) is 13.5. The van der Waals surface area contributed by atoms with Gasteiger partial charge >= 0.3 is 0 Å². The van der Waals surface area contributed by atoms with E-state index >= 15 is 0 Å². The highest BCUT2D eigenvalue weighted by Crippen LogP contribution is 2.11. The van der Waals surface area contributed by atoms with E-state index in [-0.39, 0.29) is 0 Å². The molecule has 0 heterocycles. The van der Waals surface area contributed by atoms with Crippen LogP contribution in [0.4, 0.5) is 0 Å². The SMILES string of the molecule is CCCCCCN(CCCCCC)C(=S)N(C(=S)N(C)C)N(C)C. The maximum atomic E-state index is 5.82. The van der Waals surface area contributed by atoms with Crippen LogP contribution < -0.4 is 0 Å². The monoisotopic (exact) mass is 374 g/mol. The van der Waals surface area contributed by atoms with E-state index < -0.39 is 0 Å². The largest absolute Gasteiger partial charge is 0.354 e. The van der Waals surface area contributed by atoms with Crippen molar-refractivity contribution in [1.29, 1.82) is 0 Å². The first-order valence-corrected chi connectivity index (χ1v) is 10.2. The molecule has 0 aliphatic rings. The average Bonchev–Trinajstić information content (AvgIpc) is 2.52. The molecule has 0 unspecified atom stereocenters. The Balaban J connectivity index is 4.90. The Hall–Kier alpha value is -0.460. The lowest BCUT2D eigenvalue weighted by atomic mass is 10.2. The highest BCUT2D eigenvalue weighted by molar-refractivity contribution is 7.81. The zero-order valence-corrected chi connectivity index (χ0v) is 18.3. The lowest BCUT2D eigenvalue weighted by Gasteiger charge is -2.38. The van der Waals surface area contributed by atoms with Crippen LogP contribution in [-0.2, 0) is 0 Å². The van der Waals surface area contributed by atoms with Gasteiger partial charge in [-0.1, -0.05) is 52.4 Å². The van der Waals surface area contributed by atoms with Crippen LogP contribution in [0.5, 0.6) is 0 Å². The van der Waals surface area contributed by atoms with E-state index in [4.69, 9.17) is 24.4 Å². The lowest BCUT2D eigenvalue weighted by molar-refractivity contribution is 0.163. The van der Waals surface area contributed by atoms with Crippen LogP contribution in [-0.4, -0.2) is 71.3 Å². The Labute approximate surface area is 161 Å². The van der Waals surface area contributed by atoms with Crippen molar-refractivity contribution in [3.8, 4) is 0 Å². The van der Waals surface area contributed by atoms with Crippen molar-refractivity contribution >= 4 is 34.7 Å². The van der Waals surface area contributed by atoms with Gasteiger partial charge < -0.3 is 9.80 Å². The Bertz CT molecular complexity index is 347. The molecule has 0 amide bonds. The number of hydrogen-bond donors (Lipinski definition) is 0. The molecule has 0 bridgehead atoms. The van der Waals surface area contributed by atoms with Crippen molar-refractivity contribution in [2.75, 3.05) is 41.3 Å². The quantitative estimate of drug-likeness (QED) is 0.301. The molecule has 6 heteroatoms. The summed E-state index contributed by atoms with van der Waals surface area (Å²) in [4.78, 5) is 4.28. The third-order valence-corrected chi connectivity index (χ3v) is 4.95. The topological polar surface area (TPSA) is 13.0 Å². The fourth-order valence-electron chi connectivity index (χ4n) is 2.51. The highest BCUT2D eigenvalue weighted by atomic mass is 32.1. The first-order chi connectivity index (χ1) is 11.4. The van der Waals surface area contributed by atoms with Gasteiger partial charge in [0.2, 0.25) is 0 Å². The highest BCUT2D eigenvalue weighted by Gasteiger charge is 2.23. The molecule has 0 aliphatic heterocycles. The molecule has 0 aliphatic carbocycles. The third kappa shape index (κ3) is 9.14. The summed E-state index contributed by atoms with van der Waals surface area (Å²) in [7, 11) is 7.92. The molecule has 0 fully saturated rings. The summed E-state index contributed by atoms with van der Waals surface area (Å²) in [5.41, 5.74) is 0. The van der Waals surface area contributed by atoms with Crippen molar-refractivity contribution in [2.45, 2.75) is 65.2 Å². The van der Waals surface area contributed by atoms with E-state index in [1.165, 1.54) is 51.4 Å². The summed E-state index contributed by atoms with van der Waals surface area (Å²) in [5.74, 6) is 0. The van der Waals surface area contributed by atoms with E-state index in [0.717, 1.165) is 23.3 Å². The number of unbranched alkanes of at least 4 members (excludes halogenated alkanes) is 6. The second kappa shape index (κ2) is 13.8. The van der Waals surface area contributed by atoms with Crippen LogP contribution in [0.1, 0.15) is 65.2 Å². The molecule has 24 heavy (non-hydrogen) atoms. The van der Waals surface area contributed by atoms with Gasteiger partial charge in [-0.15, -0.1) is 0 Å². The summed E-state index contributed by atoms with van der Waals surface area (Å²) in [6, 6.07) is 0. The maximum Gasteiger partial charge on any atom is 0.193 e. The van der Waals surface area contributed by atoms with E-state index in [1.807, 2.05) is 43.1 Å². The second-order valence-corrected chi connectivity index (χ2v) is 7.46. The van der Waals surface area contributed by atoms with Crippen molar-refractivity contribution in [1.82, 2.24) is 19.8 Å². The standard InChI is InChI=1S/C18H38N4S2/c1-7-9-11-13-15-21(16-14-12-10-8-2)18(24)22(20(5)6)17(23)19(3)4/h7-16H2,1-6H3. The predicted molar refractivity (Wildman–Crippen MR) is 114 cm³/mol. The number of rotatable bonds is 11. The molecule has 0 spiro atoms. The number of hydrazine groups is 1. The molecule has 0 rings (SSSR count). The molecule has 0 saturated heterocycles. The Morgan fingerprint density at radius 1 is 0.667 bits per heavy atom. The first-order valence-electron chi connectivity index (χ1n) is 9.34. The van der Waals surface area contributed by atoms with Gasteiger partial charge in [-0.05, 0) is 37.3 Å². The average molecular weight is 375 g/mol. The molecule has 142 valence electrons.